The lowest BCUT2D eigenvalue weighted by molar-refractivity contribution is 0.977. The SMILES string of the molecule is C#CC(C)c1ccc(C)c(C)c1C. The molecule has 1 aromatic carbocycles. The lowest BCUT2D eigenvalue weighted by Crippen LogP contribution is -1.97. The van der Waals surface area contributed by atoms with Gasteiger partial charge in [-0.15, -0.1) is 6.42 Å². The van der Waals surface area contributed by atoms with Crippen LogP contribution in [0.15, 0.2) is 12.1 Å². The molecule has 0 aliphatic carbocycles. The zero-order valence-corrected chi connectivity index (χ0v) is 8.81. The van der Waals surface area contributed by atoms with E-state index >= 15 is 0 Å². The largest absolute Gasteiger partial charge is 0.119 e. The summed E-state index contributed by atoms with van der Waals surface area (Å²) in [6.45, 7) is 8.49. The molecule has 1 aromatic rings. The zero-order valence-electron chi connectivity index (χ0n) is 8.81. The Morgan fingerprint density at radius 2 is 1.77 bits per heavy atom. The molecule has 1 atom stereocenters. The molecule has 13 heavy (non-hydrogen) atoms. The van der Waals surface area contributed by atoms with Gasteiger partial charge in [0.2, 0.25) is 0 Å². The Balaban J connectivity index is 3.28. The van der Waals surface area contributed by atoms with Gasteiger partial charge in [-0.25, -0.2) is 0 Å². The molecular weight excluding hydrogens is 156 g/mol. The maximum Gasteiger partial charge on any atom is 0.0424 e. The number of aryl methyl sites for hydroxylation is 1. The van der Waals surface area contributed by atoms with Crippen molar-refractivity contribution in [3.8, 4) is 12.3 Å². The molecule has 0 fully saturated rings. The van der Waals surface area contributed by atoms with Crippen LogP contribution < -0.4 is 0 Å². The Morgan fingerprint density at radius 3 is 2.31 bits per heavy atom. The van der Waals surface area contributed by atoms with Crippen molar-refractivity contribution in [2.45, 2.75) is 33.6 Å². The Morgan fingerprint density at radius 1 is 1.15 bits per heavy atom. The van der Waals surface area contributed by atoms with Crippen molar-refractivity contribution in [1.82, 2.24) is 0 Å². The van der Waals surface area contributed by atoms with Crippen LogP contribution in [0.1, 0.15) is 35.1 Å². The van der Waals surface area contributed by atoms with E-state index in [4.69, 9.17) is 6.42 Å². The van der Waals surface area contributed by atoms with Gasteiger partial charge in [0.15, 0.2) is 0 Å². The molecule has 0 aliphatic rings. The van der Waals surface area contributed by atoms with E-state index in [1.807, 2.05) is 0 Å². The second-order valence-corrected chi connectivity index (χ2v) is 3.61. The number of rotatable bonds is 1. The van der Waals surface area contributed by atoms with Gasteiger partial charge in [0.1, 0.15) is 0 Å². The number of hydrogen-bond acceptors (Lipinski definition) is 0. The van der Waals surface area contributed by atoms with Crippen LogP contribution in [0.5, 0.6) is 0 Å². The van der Waals surface area contributed by atoms with Crippen LogP contribution >= 0.6 is 0 Å². The van der Waals surface area contributed by atoms with Gasteiger partial charge in [-0.2, -0.15) is 0 Å². The third-order valence-corrected chi connectivity index (χ3v) is 2.82. The zero-order chi connectivity index (χ0) is 10.0. The fraction of sp³-hybridized carbons (Fsp3) is 0.385. The molecular formula is C13H16. The Hall–Kier alpha value is -1.22. The van der Waals surface area contributed by atoms with Crippen LogP contribution in [0.4, 0.5) is 0 Å². The monoisotopic (exact) mass is 172 g/mol. The summed E-state index contributed by atoms with van der Waals surface area (Å²) in [5.74, 6) is 2.99. The summed E-state index contributed by atoms with van der Waals surface area (Å²) < 4.78 is 0. The molecule has 0 spiro atoms. The highest BCUT2D eigenvalue weighted by atomic mass is 14.1. The number of terminal acetylenes is 1. The smallest absolute Gasteiger partial charge is 0.0424 e. The number of benzene rings is 1. The summed E-state index contributed by atoms with van der Waals surface area (Å²) in [5, 5.41) is 0. The van der Waals surface area contributed by atoms with E-state index in [2.05, 4.69) is 45.7 Å². The van der Waals surface area contributed by atoms with Crippen molar-refractivity contribution < 1.29 is 0 Å². The van der Waals surface area contributed by atoms with Gasteiger partial charge in [0.25, 0.3) is 0 Å². The van der Waals surface area contributed by atoms with Gasteiger partial charge >= 0.3 is 0 Å². The van der Waals surface area contributed by atoms with E-state index in [-0.39, 0.29) is 5.92 Å². The lowest BCUT2D eigenvalue weighted by Gasteiger charge is -2.13. The first-order chi connectivity index (χ1) is 6.07. The second kappa shape index (κ2) is 3.66. The molecule has 0 heteroatoms. The van der Waals surface area contributed by atoms with Gasteiger partial charge in [0, 0.05) is 5.92 Å². The van der Waals surface area contributed by atoms with Crippen LogP contribution in [0.3, 0.4) is 0 Å². The molecule has 0 amide bonds. The van der Waals surface area contributed by atoms with E-state index in [1.165, 1.54) is 22.3 Å². The van der Waals surface area contributed by atoms with E-state index in [9.17, 15) is 0 Å². The van der Waals surface area contributed by atoms with Crippen molar-refractivity contribution in [3.63, 3.8) is 0 Å². The Labute approximate surface area is 81.0 Å². The van der Waals surface area contributed by atoms with Crippen molar-refractivity contribution in [2.24, 2.45) is 0 Å². The van der Waals surface area contributed by atoms with E-state index < -0.39 is 0 Å². The first-order valence-corrected chi connectivity index (χ1v) is 4.60. The first kappa shape index (κ1) is 9.86. The molecule has 0 nitrogen and oxygen atoms in total. The molecule has 68 valence electrons. The van der Waals surface area contributed by atoms with Crippen molar-refractivity contribution in [2.75, 3.05) is 0 Å². The Kier molecular flexibility index (Phi) is 2.78. The number of hydrogen-bond donors (Lipinski definition) is 0. The molecule has 0 heterocycles. The molecule has 0 aliphatic heterocycles. The fourth-order valence-corrected chi connectivity index (χ4v) is 1.54. The third kappa shape index (κ3) is 1.75. The van der Waals surface area contributed by atoms with Crippen LogP contribution in [0.25, 0.3) is 0 Å². The standard InChI is InChI=1S/C13H16/c1-6-9(2)13-8-7-10(3)11(4)12(13)5/h1,7-9H,2-5H3. The van der Waals surface area contributed by atoms with Crippen LogP contribution in [0, 0.1) is 33.1 Å². The maximum atomic E-state index is 5.41. The minimum Gasteiger partial charge on any atom is -0.119 e. The highest BCUT2D eigenvalue weighted by Gasteiger charge is 2.07. The summed E-state index contributed by atoms with van der Waals surface area (Å²) in [6, 6.07) is 4.29. The molecule has 0 saturated heterocycles. The summed E-state index contributed by atoms with van der Waals surface area (Å²) in [5.41, 5.74) is 5.32. The molecule has 0 bridgehead atoms. The highest BCUT2D eigenvalue weighted by molar-refractivity contribution is 5.42. The third-order valence-electron chi connectivity index (χ3n) is 2.82. The van der Waals surface area contributed by atoms with Crippen LogP contribution in [-0.2, 0) is 0 Å². The quantitative estimate of drug-likeness (QED) is 0.570. The first-order valence-electron chi connectivity index (χ1n) is 4.60. The van der Waals surface area contributed by atoms with Crippen molar-refractivity contribution in [3.05, 3.63) is 34.4 Å². The van der Waals surface area contributed by atoms with Crippen molar-refractivity contribution in [1.29, 1.82) is 0 Å². The maximum absolute atomic E-state index is 5.41. The average molecular weight is 172 g/mol. The minimum atomic E-state index is 0.222. The minimum absolute atomic E-state index is 0.222. The molecule has 1 unspecified atom stereocenters. The predicted molar refractivity (Wildman–Crippen MR) is 57.9 cm³/mol. The van der Waals surface area contributed by atoms with Gasteiger partial charge in [-0.1, -0.05) is 18.1 Å². The topological polar surface area (TPSA) is 0 Å². The molecule has 1 rings (SSSR count). The van der Waals surface area contributed by atoms with Crippen molar-refractivity contribution >= 4 is 0 Å². The molecule has 0 N–H and O–H groups in total. The van der Waals surface area contributed by atoms with Gasteiger partial charge in [0.05, 0.1) is 0 Å². The van der Waals surface area contributed by atoms with Gasteiger partial charge in [-0.05, 0) is 49.9 Å². The predicted octanol–water partition coefficient (Wildman–Crippen LogP) is 3.35. The molecule has 0 aromatic heterocycles. The highest BCUT2D eigenvalue weighted by Crippen LogP contribution is 2.23. The Bertz CT molecular complexity index is 353. The summed E-state index contributed by atoms with van der Waals surface area (Å²) in [7, 11) is 0. The molecule has 0 radical (unpaired) electrons. The van der Waals surface area contributed by atoms with Gasteiger partial charge < -0.3 is 0 Å². The van der Waals surface area contributed by atoms with Gasteiger partial charge in [-0.3, -0.25) is 0 Å². The molecule has 0 saturated carbocycles. The fourth-order valence-electron chi connectivity index (χ4n) is 1.54. The van der Waals surface area contributed by atoms with E-state index in [0.717, 1.165) is 0 Å². The van der Waals surface area contributed by atoms with E-state index in [0.29, 0.717) is 0 Å². The van der Waals surface area contributed by atoms with Crippen LogP contribution in [0.2, 0.25) is 0 Å². The second-order valence-electron chi connectivity index (χ2n) is 3.61. The summed E-state index contributed by atoms with van der Waals surface area (Å²) >= 11 is 0. The van der Waals surface area contributed by atoms with E-state index in [1.54, 1.807) is 0 Å². The average Bonchev–Trinajstić information content (AvgIpc) is 2.13. The summed E-state index contributed by atoms with van der Waals surface area (Å²) in [4.78, 5) is 0. The summed E-state index contributed by atoms with van der Waals surface area (Å²) in [6.07, 6.45) is 5.41. The van der Waals surface area contributed by atoms with Crippen LogP contribution in [-0.4, -0.2) is 0 Å². The normalized spacial score (nSPS) is 12.2. The lowest BCUT2D eigenvalue weighted by atomic mass is 9.92.